The average molecular weight is 599 g/mol. The second kappa shape index (κ2) is 11.0. The minimum atomic E-state index is -4.81. The van der Waals surface area contributed by atoms with Crippen molar-refractivity contribution in [2.45, 2.75) is 57.1 Å². The fraction of sp³-hybridized carbons (Fsp3) is 0.407. The molecule has 0 spiro atoms. The van der Waals surface area contributed by atoms with Gasteiger partial charge in [0.15, 0.2) is 6.10 Å². The first-order valence-corrected chi connectivity index (χ1v) is 13.6. The molecule has 14 heteroatoms. The number of halogens is 6. The Labute approximate surface area is 234 Å². The van der Waals surface area contributed by atoms with Crippen LogP contribution in [-0.2, 0) is 28.5 Å². The van der Waals surface area contributed by atoms with Crippen LogP contribution in [0.25, 0.3) is 0 Å². The van der Waals surface area contributed by atoms with Crippen molar-refractivity contribution in [1.29, 1.82) is 0 Å². The molecule has 5 rings (SSSR count). The highest BCUT2D eigenvalue weighted by molar-refractivity contribution is 7.10. The van der Waals surface area contributed by atoms with Crippen molar-refractivity contribution in [3.05, 3.63) is 85.2 Å². The maximum absolute atomic E-state index is 13.4. The molecule has 2 aliphatic heterocycles. The monoisotopic (exact) mass is 598 g/mol. The average Bonchev–Trinajstić information content (AvgIpc) is 3.60. The number of aryl methyl sites for hydroxylation is 1. The van der Waals surface area contributed by atoms with Gasteiger partial charge in [-0.05, 0) is 38.0 Å². The number of rotatable bonds is 5. The van der Waals surface area contributed by atoms with Crippen LogP contribution >= 0.6 is 11.3 Å². The Balaban J connectivity index is 1.20. The zero-order chi connectivity index (χ0) is 29.5. The van der Waals surface area contributed by atoms with Crippen molar-refractivity contribution in [2.24, 2.45) is 5.16 Å². The van der Waals surface area contributed by atoms with Crippen LogP contribution < -0.4 is 5.56 Å². The second-order valence-corrected chi connectivity index (χ2v) is 10.8. The van der Waals surface area contributed by atoms with E-state index in [1.54, 1.807) is 5.38 Å². The Morgan fingerprint density at radius 3 is 2.39 bits per heavy atom. The Morgan fingerprint density at radius 1 is 1.02 bits per heavy atom. The third-order valence-electron chi connectivity index (χ3n) is 7.29. The van der Waals surface area contributed by atoms with Gasteiger partial charge in [0.05, 0.1) is 16.3 Å². The van der Waals surface area contributed by atoms with Crippen LogP contribution in [0.2, 0.25) is 0 Å². The molecule has 1 atom stereocenters. The highest BCUT2D eigenvalue weighted by Gasteiger charge is 2.38. The van der Waals surface area contributed by atoms with Crippen molar-refractivity contribution in [2.75, 3.05) is 13.1 Å². The smallest absolute Gasteiger partial charge is 0.387 e. The first-order chi connectivity index (χ1) is 19.3. The lowest BCUT2D eigenvalue weighted by Crippen LogP contribution is -2.42. The Hall–Kier alpha value is -3.68. The number of hydrogen-bond acceptors (Lipinski definition) is 6. The van der Waals surface area contributed by atoms with Crippen LogP contribution in [0, 0.1) is 6.92 Å². The summed E-state index contributed by atoms with van der Waals surface area (Å²) in [5.41, 5.74) is -2.10. The van der Waals surface area contributed by atoms with Gasteiger partial charge in [-0.2, -0.15) is 26.3 Å². The molecule has 1 aromatic carbocycles. The van der Waals surface area contributed by atoms with Gasteiger partial charge in [0, 0.05) is 42.1 Å². The largest absolute Gasteiger partial charge is 0.421 e. The number of benzene rings is 1. The highest BCUT2D eigenvalue weighted by atomic mass is 32.1. The third-order valence-corrected chi connectivity index (χ3v) is 8.29. The van der Waals surface area contributed by atoms with Crippen LogP contribution in [0.5, 0.6) is 0 Å². The molecule has 0 bridgehead atoms. The summed E-state index contributed by atoms with van der Waals surface area (Å²) in [5, 5.41) is 6.56. The first kappa shape index (κ1) is 28.8. The van der Waals surface area contributed by atoms with E-state index in [1.165, 1.54) is 47.4 Å². The number of amides is 1. The molecule has 1 fully saturated rings. The summed E-state index contributed by atoms with van der Waals surface area (Å²) in [6.45, 7) is 1.66. The summed E-state index contributed by atoms with van der Waals surface area (Å²) in [6, 6.07) is 7.11. The van der Waals surface area contributed by atoms with E-state index in [2.05, 4.69) is 10.1 Å². The van der Waals surface area contributed by atoms with Gasteiger partial charge in [0.1, 0.15) is 17.8 Å². The third kappa shape index (κ3) is 6.02. The molecule has 218 valence electrons. The van der Waals surface area contributed by atoms with Gasteiger partial charge in [-0.3, -0.25) is 9.59 Å². The van der Waals surface area contributed by atoms with Crippen LogP contribution in [0.3, 0.4) is 0 Å². The number of oxime groups is 1. The van der Waals surface area contributed by atoms with E-state index in [-0.39, 0.29) is 23.6 Å². The molecule has 0 radical (unpaired) electrons. The lowest BCUT2D eigenvalue weighted by Gasteiger charge is -2.31. The maximum Gasteiger partial charge on any atom is 0.421 e. The van der Waals surface area contributed by atoms with Crippen LogP contribution in [0.1, 0.15) is 64.4 Å². The Morgan fingerprint density at radius 2 is 1.71 bits per heavy atom. The molecule has 1 unspecified atom stereocenters. The molecule has 0 saturated carbocycles. The van der Waals surface area contributed by atoms with E-state index >= 15 is 0 Å². The van der Waals surface area contributed by atoms with Crippen molar-refractivity contribution in [3.63, 3.8) is 0 Å². The van der Waals surface area contributed by atoms with Crippen molar-refractivity contribution >= 4 is 23.0 Å². The summed E-state index contributed by atoms with van der Waals surface area (Å²) in [7, 11) is 0. The normalized spacial score (nSPS) is 18.4. The molecule has 2 aromatic heterocycles. The van der Waals surface area contributed by atoms with Crippen molar-refractivity contribution in [1.82, 2.24) is 14.5 Å². The van der Waals surface area contributed by atoms with Crippen LogP contribution in [-0.4, -0.2) is 39.2 Å². The van der Waals surface area contributed by atoms with Gasteiger partial charge >= 0.3 is 12.4 Å². The van der Waals surface area contributed by atoms with E-state index in [0.717, 1.165) is 21.7 Å². The van der Waals surface area contributed by atoms with Gasteiger partial charge in [-0.15, -0.1) is 11.3 Å². The minimum absolute atomic E-state index is 0.00818. The number of carbonyl (C=O) groups excluding carboxylic acids is 1. The molecule has 2 aliphatic rings. The summed E-state index contributed by atoms with van der Waals surface area (Å²) in [4.78, 5) is 36.7. The standard InChI is InChI=1S/C27H24F6N4O3S/c1-15-6-7-19(27(31,32)33)25(39)37(15)13-23(38)36-10-8-16(9-11-36)24-34-21(14-41-24)20-12-22(40-35-20)17-4-2-3-5-18(17)26(28,29)30/h2-7,14,16,22H,8-13H2,1H3. The fourth-order valence-corrected chi connectivity index (χ4v) is 6.03. The number of hydrogen-bond donors (Lipinski definition) is 0. The Kier molecular flexibility index (Phi) is 7.70. The van der Waals surface area contributed by atoms with E-state index < -0.39 is 47.6 Å². The SMILES string of the molecule is Cc1ccc(C(F)(F)F)c(=O)n1CC(=O)N1CCC(c2nc(C3=NOC(c4ccccc4C(F)(F)F)C3)cs2)CC1. The topological polar surface area (TPSA) is 76.8 Å². The van der Waals surface area contributed by atoms with E-state index in [1.807, 2.05) is 0 Å². The van der Waals surface area contributed by atoms with Crippen molar-refractivity contribution in [3.8, 4) is 0 Å². The lowest BCUT2D eigenvalue weighted by molar-refractivity contribution is -0.140. The lowest BCUT2D eigenvalue weighted by atomic mass is 9.97. The quantitative estimate of drug-likeness (QED) is 0.342. The number of nitrogens with zero attached hydrogens (tertiary/aromatic N) is 4. The number of thiazole rings is 1. The maximum atomic E-state index is 13.4. The molecular formula is C27H24F6N4O3S. The molecule has 0 N–H and O–H groups in total. The van der Waals surface area contributed by atoms with Gasteiger partial charge in [0.25, 0.3) is 5.56 Å². The molecule has 1 saturated heterocycles. The predicted molar refractivity (Wildman–Crippen MR) is 138 cm³/mol. The number of carbonyl (C=O) groups is 1. The highest BCUT2D eigenvalue weighted by Crippen LogP contribution is 2.39. The number of piperidine rings is 1. The molecule has 1 amide bonds. The summed E-state index contributed by atoms with van der Waals surface area (Å²) in [6.07, 6.45) is -8.97. The summed E-state index contributed by atoms with van der Waals surface area (Å²) < 4.78 is 80.6. The number of aromatic nitrogens is 2. The molecule has 4 heterocycles. The number of alkyl halides is 6. The van der Waals surface area contributed by atoms with Crippen LogP contribution in [0.4, 0.5) is 26.3 Å². The van der Waals surface area contributed by atoms with Gasteiger partial charge in [-0.1, -0.05) is 23.4 Å². The van der Waals surface area contributed by atoms with Crippen LogP contribution in [0.15, 0.2) is 51.7 Å². The van der Waals surface area contributed by atoms with E-state index in [0.29, 0.717) is 37.3 Å². The van der Waals surface area contributed by atoms with E-state index in [4.69, 9.17) is 4.84 Å². The summed E-state index contributed by atoms with van der Waals surface area (Å²) >= 11 is 1.38. The fourth-order valence-electron chi connectivity index (χ4n) is 5.03. The number of pyridine rings is 1. The first-order valence-electron chi connectivity index (χ1n) is 12.7. The van der Waals surface area contributed by atoms with Gasteiger partial charge in [0.2, 0.25) is 5.91 Å². The number of likely N-dealkylation sites (tertiary alicyclic amines) is 1. The van der Waals surface area contributed by atoms with Gasteiger partial charge in [-0.25, -0.2) is 4.98 Å². The zero-order valence-electron chi connectivity index (χ0n) is 21.6. The predicted octanol–water partition coefficient (Wildman–Crippen LogP) is 5.92. The summed E-state index contributed by atoms with van der Waals surface area (Å²) in [5.74, 6) is -0.434. The molecular weight excluding hydrogens is 574 g/mol. The Bertz CT molecular complexity index is 1540. The molecule has 3 aromatic rings. The minimum Gasteiger partial charge on any atom is -0.387 e. The second-order valence-electron chi connectivity index (χ2n) is 9.92. The van der Waals surface area contributed by atoms with Gasteiger partial charge < -0.3 is 14.3 Å². The van der Waals surface area contributed by atoms with E-state index in [9.17, 15) is 35.9 Å². The molecule has 41 heavy (non-hydrogen) atoms. The molecule has 7 nitrogen and oxygen atoms in total. The molecule has 0 aliphatic carbocycles. The van der Waals surface area contributed by atoms with Crippen molar-refractivity contribution < 1.29 is 36.0 Å². The zero-order valence-corrected chi connectivity index (χ0v) is 22.4.